The van der Waals surface area contributed by atoms with Gasteiger partial charge in [-0.05, 0) is 38.2 Å². The third kappa shape index (κ3) is 2.97. The first kappa shape index (κ1) is 16.1. The van der Waals surface area contributed by atoms with Gasteiger partial charge in [-0.25, -0.2) is 0 Å². The molecule has 0 aromatic carbocycles. The van der Waals surface area contributed by atoms with E-state index in [1.807, 2.05) is 17.8 Å². The summed E-state index contributed by atoms with van der Waals surface area (Å²) in [5, 5.41) is 18.6. The maximum Gasteiger partial charge on any atom is 0.223 e. The van der Waals surface area contributed by atoms with Gasteiger partial charge >= 0.3 is 0 Å². The summed E-state index contributed by atoms with van der Waals surface area (Å²) in [6.45, 7) is 0.624. The molecule has 2 atom stereocenters. The number of likely N-dealkylation sites (tertiary alicyclic amines) is 1. The molecule has 0 bridgehead atoms. The fourth-order valence-corrected chi connectivity index (χ4v) is 4.47. The summed E-state index contributed by atoms with van der Waals surface area (Å²) in [5.41, 5.74) is 0.522. The van der Waals surface area contributed by atoms with Crippen LogP contribution in [0, 0.1) is 0 Å². The van der Waals surface area contributed by atoms with E-state index in [9.17, 15) is 9.90 Å². The van der Waals surface area contributed by atoms with E-state index in [-0.39, 0.29) is 18.0 Å². The summed E-state index contributed by atoms with van der Waals surface area (Å²) in [5.74, 6) is 0.265. The zero-order valence-corrected chi connectivity index (χ0v) is 14.4. The fourth-order valence-electron chi connectivity index (χ4n) is 4.47. The van der Waals surface area contributed by atoms with Crippen molar-refractivity contribution in [2.75, 3.05) is 6.54 Å². The molecule has 2 aliphatic carbocycles. The second-order valence-electron chi connectivity index (χ2n) is 7.81. The van der Waals surface area contributed by atoms with Gasteiger partial charge in [0, 0.05) is 38.3 Å². The quantitative estimate of drug-likeness (QED) is 0.857. The van der Waals surface area contributed by atoms with Gasteiger partial charge in [0.25, 0.3) is 0 Å². The van der Waals surface area contributed by atoms with Crippen molar-refractivity contribution in [1.82, 2.24) is 20.0 Å². The van der Waals surface area contributed by atoms with E-state index in [1.54, 1.807) is 6.20 Å². The minimum atomic E-state index is -0.567. The maximum atomic E-state index is 12.6. The number of nitrogens with one attached hydrogen (secondary N) is 1. The molecule has 1 amide bonds. The van der Waals surface area contributed by atoms with Crippen LogP contribution in [0.2, 0.25) is 0 Å². The zero-order valence-electron chi connectivity index (χ0n) is 14.4. The van der Waals surface area contributed by atoms with Crippen molar-refractivity contribution in [3.8, 4) is 0 Å². The molecule has 0 unspecified atom stereocenters. The van der Waals surface area contributed by atoms with Gasteiger partial charge in [-0.2, -0.15) is 5.10 Å². The summed E-state index contributed by atoms with van der Waals surface area (Å²) in [6, 6.07) is 2.62. The second-order valence-corrected chi connectivity index (χ2v) is 7.81. The van der Waals surface area contributed by atoms with Gasteiger partial charge in [0.2, 0.25) is 5.91 Å². The van der Waals surface area contributed by atoms with Crippen LogP contribution in [-0.4, -0.2) is 49.9 Å². The molecule has 1 aromatic rings. The summed E-state index contributed by atoms with van der Waals surface area (Å²) >= 11 is 0. The van der Waals surface area contributed by atoms with E-state index in [2.05, 4.69) is 15.3 Å². The van der Waals surface area contributed by atoms with Gasteiger partial charge in [0.15, 0.2) is 0 Å². The molecular weight excluding hydrogens is 304 g/mol. The van der Waals surface area contributed by atoms with E-state index >= 15 is 0 Å². The number of nitrogens with zero attached hydrogens (tertiary/aromatic N) is 3. The van der Waals surface area contributed by atoms with Crippen LogP contribution in [-0.2, 0) is 11.8 Å². The van der Waals surface area contributed by atoms with Crippen LogP contribution < -0.4 is 5.32 Å². The molecule has 6 heteroatoms. The topological polar surface area (TPSA) is 70.4 Å². The monoisotopic (exact) mass is 332 g/mol. The van der Waals surface area contributed by atoms with E-state index in [0.717, 1.165) is 50.6 Å². The Balaban J connectivity index is 1.56. The highest BCUT2D eigenvalue weighted by Gasteiger charge is 2.45. The van der Waals surface area contributed by atoms with Crippen LogP contribution in [0.25, 0.3) is 0 Å². The minimum Gasteiger partial charge on any atom is -0.389 e. The first-order valence-corrected chi connectivity index (χ1v) is 9.32. The summed E-state index contributed by atoms with van der Waals surface area (Å²) < 4.78 is 1.89. The van der Waals surface area contributed by atoms with Gasteiger partial charge in [-0.3, -0.25) is 9.48 Å². The Labute approximate surface area is 143 Å². The SMILES string of the molecule is Cn1nccc1[C@@H]1[C@@H](NCC2(O)CCCC2)CCC(=O)N1C1CC1. The summed E-state index contributed by atoms with van der Waals surface area (Å²) in [7, 11) is 1.95. The van der Waals surface area contributed by atoms with Gasteiger partial charge in [-0.1, -0.05) is 12.8 Å². The predicted octanol–water partition coefficient (Wildman–Crippen LogP) is 1.51. The lowest BCUT2D eigenvalue weighted by atomic mass is 9.91. The molecule has 1 aromatic heterocycles. The third-order valence-electron chi connectivity index (χ3n) is 5.97. The molecule has 3 aliphatic rings. The largest absolute Gasteiger partial charge is 0.389 e. The Morgan fingerprint density at radius 2 is 2.08 bits per heavy atom. The lowest BCUT2D eigenvalue weighted by Crippen LogP contribution is -2.54. The maximum absolute atomic E-state index is 12.6. The number of aliphatic hydroxyl groups is 1. The third-order valence-corrected chi connectivity index (χ3v) is 5.97. The van der Waals surface area contributed by atoms with Crippen molar-refractivity contribution in [3.05, 3.63) is 18.0 Å². The summed E-state index contributed by atoms with van der Waals surface area (Å²) in [6.07, 6.45) is 9.44. The van der Waals surface area contributed by atoms with Gasteiger partial charge < -0.3 is 15.3 Å². The van der Waals surface area contributed by atoms with Crippen molar-refractivity contribution in [3.63, 3.8) is 0 Å². The average Bonchev–Trinajstić information content (AvgIpc) is 3.17. The number of aromatic nitrogens is 2. The normalized spacial score (nSPS) is 30.1. The average molecular weight is 332 g/mol. The van der Waals surface area contributed by atoms with Gasteiger partial charge in [0.1, 0.15) is 0 Å². The minimum absolute atomic E-state index is 0.0243. The lowest BCUT2D eigenvalue weighted by Gasteiger charge is -2.42. The Morgan fingerprint density at radius 3 is 2.71 bits per heavy atom. The molecule has 1 saturated heterocycles. The number of aryl methyl sites for hydroxylation is 1. The number of amides is 1. The highest BCUT2D eigenvalue weighted by molar-refractivity contribution is 5.78. The van der Waals surface area contributed by atoms with Crippen molar-refractivity contribution < 1.29 is 9.90 Å². The van der Waals surface area contributed by atoms with E-state index in [0.29, 0.717) is 19.0 Å². The van der Waals surface area contributed by atoms with Crippen LogP contribution in [0.5, 0.6) is 0 Å². The van der Waals surface area contributed by atoms with Crippen molar-refractivity contribution >= 4 is 5.91 Å². The molecule has 2 saturated carbocycles. The lowest BCUT2D eigenvalue weighted by molar-refractivity contribution is -0.139. The van der Waals surface area contributed by atoms with E-state index in [1.165, 1.54) is 0 Å². The Morgan fingerprint density at radius 1 is 1.33 bits per heavy atom. The van der Waals surface area contributed by atoms with Crippen LogP contribution >= 0.6 is 0 Å². The molecule has 4 rings (SSSR count). The number of hydrogen-bond donors (Lipinski definition) is 2. The standard InChI is InChI=1S/C18H28N4O2/c1-21-15(8-11-20-21)17-14(19-12-18(24)9-2-3-10-18)6-7-16(23)22(17)13-4-5-13/h8,11,13-14,17,19,24H,2-7,9-10,12H2,1H3/t14-,17-/m0/s1. The first-order chi connectivity index (χ1) is 11.6. The molecular formula is C18H28N4O2. The Kier molecular flexibility index (Phi) is 4.12. The number of rotatable bonds is 5. The highest BCUT2D eigenvalue weighted by Crippen LogP contribution is 2.40. The molecule has 6 nitrogen and oxygen atoms in total. The van der Waals surface area contributed by atoms with E-state index in [4.69, 9.17) is 0 Å². The molecule has 24 heavy (non-hydrogen) atoms. The molecule has 3 fully saturated rings. The van der Waals surface area contributed by atoms with Crippen LogP contribution in [0.15, 0.2) is 12.3 Å². The smallest absolute Gasteiger partial charge is 0.223 e. The highest BCUT2D eigenvalue weighted by atomic mass is 16.3. The molecule has 0 radical (unpaired) electrons. The van der Waals surface area contributed by atoms with Gasteiger partial charge in [0.05, 0.1) is 17.3 Å². The number of carbonyl (C=O) groups is 1. The molecule has 0 spiro atoms. The van der Waals surface area contributed by atoms with Gasteiger partial charge in [-0.15, -0.1) is 0 Å². The molecule has 1 aliphatic heterocycles. The van der Waals surface area contributed by atoms with E-state index < -0.39 is 5.60 Å². The number of piperidine rings is 1. The zero-order chi connectivity index (χ0) is 16.7. The van der Waals surface area contributed by atoms with Crippen molar-refractivity contribution in [1.29, 1.82) is 0 Å². The predicted molar refractivity (Wildman–Crippen MR) is 90.3 cm³/mol. The van der Waals surface area contributed by atoms with Crippen LogP contribution in [0.1, 0.15) is 63.1 Å². The van der Waals surface area contributed by atoms with Crippen molar-refractivity contribution in [2.24, 2.45) is 7.05 Å². The number of carbonyl (C=O) groups excluding carboxylic acids is 1. The Hall–Kier alpha value is -1.40. The Bertz CT molecular complexity index is 604. The van der Waals surface area contributed by atoms with Crippen LogP contribution in [0.4, 0.5) is 0 Å². The molecule has 2 heterocycles. The fraction of sp³-hybridized carbons (Fsp3) is 0.778. The molecule has 2 N–H and O–H groups in total. The van der Waals surface area contributed by atoms with Crippen LogP contribution in [0.3, 0.4) is 0 Å². The molecule has 132 valence electrons. The first-order valence-electron chi connectivity index (χ1n) is 9.32. The summed E-state index contributed by atoms with van der Waals surface area (Å²) in [4.78, 5) is 14.7. The van der Waals surface area contributed by atoms with Crippen molar-refractivity contribution in [2.45, 2.75) is 75.1 Å². The number of hydrogen-bond acceptors (Lipinski definition) is 4. The second kappa shape index (κ2) is 6.15.